The number of likely N-dealkylation sites (N-methyl/N-ethyl adjacent to an activating group) is 1. The van der Waals surface area contributed by atoms with Crippen LogP contribution in [0, 0.1) is 0 Å². The molecule has 2 aromatic heterocycles. The molecule has 2 N–H and O–H groups in total. The Labute approximate surface area is 171 Å². The molecule has 0 saturated heterocycles. The normalized spacial score (nSPS) is 11.9. The molecule has 7 nitrogen and oxygen atoms in total. The second kappa shape index (κ2) is 9.52. The Balaban J connectivity index is 0.00000280. The lowest BCUT2D eigenvalue weighted by atomic mass is 10.1. The molecule has 0 fully saturated rings. The van der Waals surface area contributed by atoms with Gasteiger partial charge in [-0.1, -0.05) is 32.0 Å². The molecule has 1 aromatic carbocycles. The van der Waals surface area contributed by atoms with Crippen LogP contribution >= 0.6 is 12.4 Å². The summed E-state index contributed by atoms with van der Waals surface area (Å²) in [6.07, 6.45) is 5.53. The van der Waals surface area contributed by atoms with Gasteiger partial charge in [0.1, 0.15) is 6.04 Å². The third-order valence-electron chi connectivity index (χ3n) is 4.45. The number of benzene rings is 1. The van der Waals surface area contributed by atoms with E-state index in [1.807, 2.05) is 54.5 Å². The summed E-state index contributed by atoms with van der Waals surface area (Å²) in [4.78, 5) is 12.7. The Hall–Kier alpha value is -2.64. The number of carbonyl (C=O) groups is 1. The van der Waals surface area contributed by atoms with E-state index in [2.05, 4.69) is 29.6 Å². The summed E-state index contributed by atoms with van der Waals surface area (Å²) in [5, 5.41) is 14.9. The van der Waals surface area contributed by atoms with Gasteiger partial charge >= 0.3 is 0 Å². The van der Waals surface area contributed by atoms with E-state index in [0.717, 1.165) is 22.5 Å². The summed E-state index contributed by atoms with van der Waals surface area (Å²) >= 11 is 0. The summed E-state index contributed by atoms with van der Waals surface area (Å²) in [5.41, 5.74) is 3.84. The molecule has 3 aromatic rings. The topological polar surface area (TPSA) is 76.8 Å². The summed E-state index contributed by atoms with van der Waals surface area (Å²) < 4.78 is 3.56. The first-order valence-electron chi connectivity index (χ1n) is 9.07. The Morgan fingerprint density at radius 1 is 1.18 bits per heavy atom. The Morgan fingerprint density at radius 2 is 1.89 bits per heavy atom. The number of para-hydroxylation sites is 1. The zero-order valence-corrected chi connectivity index (χ0v) is 17.4. The largest absolute Gasteiger partial charge is 0.350 e. The lowest BCUT2D eigenvalue weighted by molar-refractivity contribution is -0.123. The van der Waals surface area contributed by atoms with Gasteiger partial charge in [-0.2, -0.15) is 10.2 Å². The number of amides is 1. The Morgan fingerprint density at radius 3 is 2.46 bits per heavy atom. The van der Waals surface area contributed by atoms with Crippen molar-refractivity contribution >= 4 is 18.3 Å². The first-order valence-corrected chi connectivity index (χ1v) is 9.07. The van der Waals surface area contributed by atoms with Crippen molar-refractivity contribution in [2.75, 3.05) is 7.05 Å². The van der Waals surface area contributed by atoms with Crippen LogP contribution in [0.2, 0.25) is 0 Å². The molecule has 1 unspecified atom stereocenters. The first-order chi connectivity index (χ1) is 13.0. The van der Waals surface area contributed by atoms with Crippen LogP contribution in [0.4, 0.5) is 0 Å². The van der Waals surface area contributed by atoms with Crippen molar-refractivity contribution < 1.29 is 4.79 Å². The number of hydrogen-bond acceptors (Lipinski definition) is 4. The molecule has 0 spiro atoms. The molecule has 0 aliphatic heterocycles. The SMILES string of the molecule is CNC(C(=O)NCc1cn(-c2ccccc2)nc1C(C)C)c1cnn(C)c1.Cl. The third kappa shape index (κ3) is 4.79. The molecular formula is C20H27ClN6O. The van der Waals surface area contributed by atoms with Crippen LogP contribution in [0.15, 0.2) is 48.9 Å². The number of rotatable bonds is 7. The Kier molecular flexibility index (Phi) is 7.37. The lowest BCUT2D eigenvalue weighted by Gasteiger charge is -2.14. The molecule has 0 radical (unpaired) electrons. The molecule has 3 rings (SSSR count). The zero-order chi connectivity index (χ0) is 19.4. The third-order valence-corrected chi connectivity index (χ3v) is 4.45. The van der Waals surface area contributed by atoms with E-state index in [0.29, 0.717) is 6.54 Å². The van der Waals surface area contributed by atoms with Crippen LogP contribution in [0.5, 0.6) is 0 Å². The van der Waals surface area contributed by atoms with Crippen LogP contribution in [-0.4, -0.2) is 32.5 Å². The van der Waals surface area contributed by atoms with E-state index in [4.69, 9.17) is 5.10 Å². The van der Waals surface area contributed by atoms with Crippen molar-refractivity contribution in [1.82, 2.24) is 30.2 Å². The van der Waals surface area contributed by atoms with Crippen molar-refractivity contribution in [3.05, 3.63) is 65.7 Å². The van der Waals surface area contributed by atoms with Crippen LogP contribution in [0.25, 0.3) is 5.69 Å². The predicted molar refractivity (Wildman–Crippen MR) is 112 cm³/mol. The highest BCUT2D eigenvalue weighted by molar-refractivity contribution is 5.85. The summed E-state index contributed by atoms with van der Waals surface area (Å²) in [6.45, 7) is 4.64. The molecule has 150 valence electrons. The van der Waals surface area contributed by atoms with E-state index < -0.39 is 6.04 Å². The second-order valence-corrected chi connectivity index (χ2v) is 6.86. The number of carbonyl (C=O) groups excluding carboxylic acids is 1. The summed E-state index contributed by atoms with van der Waals surface area (Å²) in [5.74, 6) is 0.174. The molecular weight excluding hydrogens is 376 g/mol. The average Bonchev–Trinajstić information content (AvgIpc) is 3.28. The minimum Gasteiger partial charge on any atom is -0.350 e. The lowest BCUT2D eigenvalue weighted by Crippen LogP contribution is -2.35. The van der Waals surface area contributed by atoms with Crippen molar-refractivity contribution in [3.63, 3.8) is 0 Å². The predicted octanol–water partition coefficient (Wildman–Crippen LogP) is 2.73. The number of aromatic nitrogens is 4. The van der Waals surface area contributed by atoms with Gasteiger partial charge in [0.15, 0.2) is 0 Å². The fraction of sp³-hybridized carbons (Fsp3) is 0.350. The number of aryl methyl sites for hydroxylation is 1. The van der Waals surface area contributed by atoms with Crippen molar-refractivity contribution in [3.8, 4) is 5.69 Å². The van der Waals surface area contributed by atoms with Gasteiger partial charge < -0.3 is 10.6 Å². The van der Waals surface area contributed by atoms with E-state index in [1.54, 1.807) is 17.9 Å². The van der Waals surface area contributed by atoms with Gasteiger partial charge in [0, 0.05) is 37.1 Å². The summed E-state index contributed by atoms with van der Waals surface area (Å²) in [6, 6.07) is 9.54. The van der Waals surface area contributed by atoms with Gasteiger partial charge in [0.2, 0.25) is 5.91 Å². The molecule has 2 heterocycles. The Bertz CT molecular complexity index is 903. The molecule has 8 heteroatoms. The minimum atomic E-state index is -0.439. The molecule has 0 saturated carbocycles. The quantitative estimate of drug-likeness (QED) is 0.637. The number of nitrogens with zero attached hydrogens (tertiary/aromatic N) is 4. The van der Waals surface area contributed by atoms with Gasteiger partial charge in [0.05, 0.1) is 17.6 Å². The van der Waals surface area contributed by atoms with E-state index in [-0.39, 0.29) is 24.2 Å². The average molecular weight is 403 g/mol. The number of halogens is 1. The number of hydrogen-bond donors (Lipinski definition) is 2. The maximum atomic E-state index is 12.7. The van der Waals surface area contributed by atoms with E-state index >= 15 is 0 Å². The monoisotopic (exact) mass is 402 g/mol. The van der Waals surface area contributed by atoms with Crippen LogP contribution in [-0.2, 0) is 18.4 Å². The summed E-state index contributed by atoms with van der Waals surface area (Å²) in [7, 11) is 3.60. The van der Waals surface area contributed by atoms with E-state index in [1.165, 1.54) is 0 Å². The molecule has 0 aliphatic carbocycles. The van der Waals surface area contributed by atoms with Crippen molar-refractivity contribution in [2.24, 2.45) is 7.05 Å². The first kappa shape index (κ1) is 21.7. The van der Waals surface area contributed by atoms with Crippen molar-refractivity contribution in [2.45, 2.75) is 32.4 Å². The van der Waals surface area contributed by atoms with E-state index in [9.17, 15) is 4.79 Å². The maximum absolute atomic E-state index is 12.7. The highest BCUT2D eigenvalue weighted by Gasteiger charge is 2.21. The zero-order valence-electron chi connectivity index (χ0n) is 16.6. The van der Waals surface area contributed by atoms with Crippen LogP contribution < -0.4 is 10.6 Å². The van der Waals surface area contributed by atoms with Gasteiger partial charge in [0.25, 0.3) is 0 Å². The number of nitrogens with one attached hydrogen (secondary N) is 2. The van der Waals surface area contributed by atoms with Gasteiger partial charge in [-0.15, -0.1) is 12.4 Å². The van der Waals surface area contributed by atoms with Crippen LogP contribution in [0.1, 0.15) is 42.6 Å². The molecule has 28 heavy (non-hydrogen) atoms. The highest BCUT2D eigenvalue weighted by atomic mass is 35.5. The van der Waals surface area contributed by atoms with Gasteiger partial charge in [-0.05, 0) is 25.1 Å². The molecule has 1 atom stereocenters. The molecule has 1 amide bonds. The minimum absolute atomic E-state index is 0. The van der Waals surface area contributed by atoms with Gasteiger partial charge in [-0.25, -0.2) is 4.68 Å². The standard InChI is InChI=1S/C20H26N6O.ClH/c1-14(2)18-15(13-26(24-18)17-8-6-5-7-9-17)10-22-20(27)19(21-3)16-11-23-25(4)12-16;/h5-9,11-14,19,21H,10H2,1-4H3,(H,22,27);1H. The second-order valence-electron chi connectivity index (χ2n) is 6.86. The highest BCUT2D eigenvalue weighted by Crippen LogP contribution is 2.20. The fourth-order valence-electron chi connectivity index (χ4n) is 3.08. The maximum Gasteiger partial charge on any atom is 0.242 e. The van der Waals surface area contributed by atoms with Gasteiger partial charge in [-0.3, -0.25) is 9.48 Å². The molecule has 0 bridgehead atoms. The van der Waals surface area contributed by atoms with Crippen molar-refractivity contribution in [1.29, 1.82) is 0 Å². The molecule has 0 aliphatic rings. The smallest absolute Gasteiger partial charge is 0.242 e. The fourth-order valence-corrected chi connectivity index (χ4v) is 3.08. The van der Waals surface area contributed by atoms with Crippen LogP contribution in [0.3, 0.4) is 0 Å².